The average Bonchev–Trinajstić information content (AvgIpc) is 2.38. The second kappa shape index (κ2) is 8.04. The normalized spacial score (nSPS) is 10.2. The lowest BCUT2D eigenvalue weighted by Crippen LogP contribution is -2.39. The third kappa shape index (κ3) is 4.92. The third-order valence-corrected chi connectivity index (χ3v) is 2.14. The predicted octanol–water partition coefficient (Wildman–Crippen LogP) is 1.19. The Labute approximate surface area is 117 Å². The predicted molar refractivity (Wildman–Crippen MR) is 76.5 cm³/mol. The summed E-state index contributed by atoms with van der Waals surface area (Å²) in [7, 11) is 4.52. The first-order valence-corrected chi connectivity index (χ1v) is 5.13. The number of aliphatic imine (C=N–C) groups is 1. The summed E-state index contributed by atoms with van der Waals surface area (Å²) in [5, 5.41) is 4.94. The fraction of sp³-hybridized carbons (Fsp3) is 0.273. The SMILES string of the molecule is CN=C(N)NC(=O)Nc1ccc(OC)cc1OC.Cl. The molecule has 7 nitrogen and oxygen atoms in total. The number of ether oxygens (including phenoxy) is 2. The van der Waals surface area contributed by atoms with Crippen molar-refractivity contribution >= 4 is 30.1 Å². The molecule has 0 heterocycles. The number of hydrogen-bond acceptors (Lipinski definition) is 4. The standard InChI is InChI=1S/C11H16N4O3.ClH/c1-13-10(12)15-11(16)14-8-5-4-7(17-2)6-9(8)18-3;/h4-6H,1-3H3,(H4,12,13,14,15,16);1H. The molecule has 0 spiro atoms. The van der Waals surface area contributed by atoms with Crippen LogP contribution < -0.4 is 25.8 Å². The number of halogens is 1. The Morgan fingerprint density at radius 3 is 2.53 bits per heavy atom. The number of nitrogens with zero attached hydrogens (tertiary/aromatic N) is 1. The van der Waals surface area contributed by atoms with Gasteiger partial charge in [0.2, 0.25) is 0 Å². The molecule has 2 amide bonds. The number of hydrogen-bond donors (Lipinski definition) is 3. The van der Waals surface area contributed by atoms with Crippen molar-refractivity contribution in [2.45, 2.75) is 0 Å². The van der Waals surface area contributed by atoms with Crippen LogP contribution >= 0.6 is 12.4 Å². The highest BCUT2D eigenvalue weighted by Crippen LogP contribution is 2.28. The lowest BCUT2D eigenvalue weighted by molar-refractivity contribution is 0.256. The van der Waals surface area contributed by atoms with Gasteiger partial charge in [0, 0.05) is 13.1 Å². The van der Waals surface area contributed by atoms with E-state index in [9.17, 15) is 4.79 Å². The lowest BCUT2D eigenvalue weighted by atomic mass is 10.2. The number of guanidine groups is 1. The molecule has 1 rings (SSSR count). The second-order valence-corrected chi connectivity index (χ2v) is 3.25. The number of carbonyl (C=O) groups is 1. The van der Waals surface area contributed by atoms with Gasteiger partial charge in [-0.25, -0.2) is 4.79 Å². The first-order valence-electron chi connectivity index (χ1n) is 5.13. The maximum atomic E-state index is 11.5. The number of benzene rings is 1. The van der Waals surface area contributed by atoms with Gasteiger partial charge in [0.25, 0.3) is 0 Å². The lowest BCUT2D eigenvalue weighted by Gasteiger charge is -2.11. The number of methoxy groups -OCH3 is 2. The van der Waals surface area contributed by atoms with Crippen LogP contribution in [0.15, 0.2) is 23.2 Å². The first kappa shape index (κ1) is 16.9. The number of urea groups is 1. The second-order valence-electron chi connectivity index (χ2n) is 3.25. The fourth-order valence-corrected chi connectivity index (χ4v) is 1.23. The molecule has 1 aromatic rings. The Balaban J connectivity index is 0.00000324. The van der Waals surface area contributed by atoms with Gasteiger partial charge < -0.3 is 20.5 Å². The molecule has 4 N–H and O–H groups in total. The Morgan fingerprint density at radius 2 is 2.00 bits per heavy atom. The smallest absolute Gasteiger partial charge is 0.326 e. The molecule has 0 aliphatic carbocycles. The molecular formula is C11H17ClN4O3. The van der Waals surface area contributed by atoms with Crippen molar-refractivity contribution in [1.82, 2.24) is 5.32 Å². The summed E-state index contributed by atoms with van der Waals surface area (Å²) in [6.07, 6.45) is 0. The maximum Gasteiger partial charge on any atom is 0.326 e. The number of amides is 2. The van der Waals surface area contributed by atoms with E-state index in [4.69, 9.17) is 15.2 Å². The zero-order chi connectivity index (χ0) is 13.5. The molecule has 0 bridgehead atoms. The molecule has 0 radical (unpaired) electrons. The molecule has 0 saturated carbocycles. The van der Waals surface area contributed by atoms with Crippen molar-refractivity contribution in [1.29, 1.82) is 0 Å². The molecule has 0 saturated heterocycles. The van der Waals surface area contributed by atoms with Crippen molar-refractivity contribution < 1.29 is 14.3 Å². The van der Waals surface area contributed by atoms with E-state index in [0.717, 1.165) is 0 Å². The van der Waals surface area contributed by atoms with E-state index in [1.165, 1.54) is 14.2 Å². The Kier molecular flexibility index (Phi) is 7.13. The van der Waals surface area contributed by atoms with Crippen LogP contribution in [0.1, 0.15) is 0 Å². The molecule has 0 unspecified atom stereocenters. The van der Waals surface area contributed by atoms with E-state index in [1.54, 1.807) is 25.3 Å². The summed E-state index contributed by atoms with van der Waals surface area (Å²) in [6.45, 7) is 0. The third-order valence-electron chi connectivity index (χ3n) is 2.14. The van der Waals surface area contributed by atoms with Crippen LogP contribution in [0.3, 0.4) is 0 Å². The molecule has 0 atom stereocenters. The van der Waals surface area contributed by atoms with Crippen molar-refractivity contribution in [2.75, 3.05) is 26.6 Å². The van der Waals surface area contributed by atoms with Gasteiger partial charge in [0.05, 0.1) is 19.9 Å². The van der Waals surface area contributed by atoms with E-state index < -0.39 is 6.03 Å². The minimum atomic E-state index is -0.499. The first-order chi connectivity index (χ1) is 8.60. The van der Waals surface area contributed by atoms with Crippen LogP contribution in [-0.2, 0) is 0 Å². The monoisotopic (exact) mass is 288 g/mol. The van der Waals surface area contributed by atoms with Gasteiger partial charge in [0.15, 0.2) is 5.96 Å². The number of carbonyl (C=O) groups excluding carboxylic acids is 1. The zero-order valence-electron chi connectivity index (χ0n) is 10.9. The average molecular weight is 289 g/mol. The number of nitrogens with one attached hydrogen (secondary N) is 2. The topological polar surface area (TPSA) is 98.0 Å². The molecule has 0 aliphatic heterocycles. The van der Waals surface area contributed by atoms with Gasteiger partial charge >= 0.3 is 6.03 Å². The van der Waals surface area contributed by atoms with Crippen molar-refractivity contribution in [3.63, 3.8) is 0 Å². The quantitative estimate of drug-likeness (QED) is 0.575. The Bertz CT molecular complexity index is 465. The molecule has 0 aromatic heterocycles. The molecule has 0 aliphatic rings. The van der Waals surface area contributed by atoms with Crippen LogP contribution in [0.4, 0.5) is 10.5 Å². The minimum Gasteiger partial charge on any atom is -0.497 e. The van der Waals surface area contributed by atoms with Gasteiger partial charge in [-0.3, -0.25) is 10.3 Å². The molecule has 106 valence electrons. The summed E-state index contributed by atoms with van der Waals surface area (Å²) >= 11 is 0. The van der Waals surface area contributed by atoms with Gasteiger partial charge in [-0.05, 0) is 12.1 Å². The van der Waals surface area contributed by atoms with E-state index >= 15 is 0 Å². The Hall–Kier alpha value is -2.15. The van der Waals surface area contributed by atoms with E-state index in [2.05, 4.69) is 15.6 Å². The summed E-state index contributed by atoms with van der Waals surface area (Å²) in [4.78, 5) is 15.1. The van der Waals surface area contributed by atoms with Crippen molar-refractivity contribution in [3.05, 3.63) is 18.2 Å². The zero-order valence-corrected chi connectivity index (χ0v) is 11.7. The highest BCUT2D eigenvalue weighted by Gasteiger charge is 2.09. The van der Waals surface area contributed by atoms with Crippen LogP contribution in [0.2, 0.25) is 0 Å². The van der Waals surface area contributed by atoms with Crippen molar-refractivity contribution in [3.8, 4) is 11.5 Å². The van der Waals surface area contributed by atoms with Crippen LogP contribution in [0.25, 0.3) is 0 Å². The van der Waals surface area contributed by atoms with Gasteiger partial charge in [-0.2, -0.15) is 0 Å². The molecule has 19 heavy (non-hydrogen) atoms. The molecular weight excluding hydrogens is 272 g/mol. The molecule has 1 aromatic carbocycles. The van der Waals surface area contributed by atoms with Crippen LogP contribution in [0, 0.1) is 0 Å². The van der Waals surface area contributed by atoms with Crippen LogP contribution in [-0.4, -0.2) is 33.3 Å². The van der Waals surface area contributed by atoms with E-state index in [0.29, 0.717) is 17.2 Å². The minimum absolute atomic E-state index is 0. The summed E-state index contributed by atoms with van der Waals surface area (Å²) in [6, 6.07) is 4.53. The fourth-order valence-electron chi connectivity index (χ4n) is 1.23. The number of anilines is 1. The number of nitrogens with two attached hydrogens (primary N) is 1. The van der Waals surface area contributed by atoms with Gasteiger partial charge in [-0.1, -0.05) is 0 Å². The highest BCUT2D eigenvalue weighted by molar-refractivity contribution is 6.02. The molecule has 8 heteroatoms. The van der Waals surface area contributed by atoms with E-state index in [-0.39, 0.29) is 18.4 Å². The largest absolute Gasteiger partial charge is 0.497 e. The maximum absolute atomic E-state index is 11.5. The van der Waals surface area contributed by atoms with Gasteiger partial charge in [-0.15, -0.1) is 12.4 Å². The Morgan fingerprint density at radius 1 is 1.32 bits per heavy atom. The number of rotatable bonds is 3. The summed E-state index contributed by atoms with van der Waals surface area (Å²) in [5.74, 6) is 1.14. The highest BCUT2D eigenvalue weighted by atomic mass is 35.5. The summed E-state index contributed by atoms with van der Waals surface area (Å²) in [5.41, 5.74) is 5.87. The molecule has 0 fully saturated rings. The van der Waals surface area contributed by atoms with Crippen molar-refractivity contribution in [2.24, 2.45) is 10.7 Å². The van der Waals surface area contributed by atoms with Gasteiger partial charge in [0.1, 0.15) is 11.5 Å². The van der Waals surface area contributed by atoms with E-state index in [1.807, 2.05) is 0 Å². The summed E-state index contributed by atoms with van der Waals surface area (Å²) < 4.78 is 10.2. The van der Waals surface area contributed by atoms with Crippen LogP contribution in [0.5, 0.6) is 11.5 Å².